The van der Waals surface area contributed by atoms with Crippen LogP contribution in [0.3, 0.4) is 0 Å². The number of carbonyl (C=O) groups excluding carboxylic acids is 3. The van der Waals surface area contributed by atoms with Gasteiger partial charge in [-0.05, 0) is 45.5 Å². The zero-order valence-corrected chi connectivity index (χ0v) is 26.7. The zero-order valence-electron chi connectivity index (χ0n) is 25.0. The minimum atomic E-state index is -4.53. The van der Waals surface area contributed by atoms with Crippen molar-refractivity contribution in [3.63, 3.8) is 0 Å². The number of aliphatic hydroxyl groups is 1. The molecule has 5 atom stereocenters. The molecule has 0 spiro atoms. The number of amides is 2. The van der Waals surface area contributed by atoms with Gasteiger partial charge in [-0.2, -0.15) is 11.3 Å². The first-order valence-electron chi connectivity index (χ1n) is 14.1. The van der Waals surface area contributed by atoms with Gasteiger partial charge in [-0.25, -0.2) is 9.59 Å². The lowest BCUT2D eigenvalue weighted by atomic mass is 9.98. The molecule has 0 radical (unpaired) electrons. The third-order valence-electron chi connectivity index (χ3n) is 6.74. The molecular weight excluding hydrogens is 623 g/mol. The van der Waals surface area contributed by atoms with E-state index in [0.717, 1.165) is 11.1 Å². The molecule has 1 aromatic heterocycles. The summed E-state index contributed by atoms with van der Waals surface area (Å²) >= 11 is 1.54. The van der Waals surface area contributed by atoms with Gasteiger partial charge in [0.1, 0.15) is 11.8 Å². The summed E-state index contributed by atoms with van der Waals surface area (Å²) in [5, 5.41) is 27.4. The van der Waals surface area contributed by atoms with Crippen LogP contribution in [-0.2, 0) is 34.8 Å². The molecule has 242 valence electrons. The number of hydrogen-bond acceptors (Lipinski definition) is 9. The van der Waals surface area contributed by atoms with Gasteiger partial charge in [-0.1, -0.05) is 68.4 Å². The fourth-order valence-electron chi connectivity index (χ4n) is 4.36. The van der Waals surface area contributed by atoms with Crippen LogP contribution in [0.2, 0.25) is 0 Å². The Hall–Kier alpha value is -4.03. The van der Waals surface area contributed by atoms with Crippen molar-refractivity contribution in [1.29, 1.82) is 0 Å². The fraction of sp³-hybridized carbons (Fsp3) is 0.355. The van der Waals surface area contributed by atoms with Crippen LogP contribution in [0.25, 0.3) is 11.1 Å². The van der Waals surface area contributed by atoms with E-state index >= 15 is 0 Å². The number of benzene rings is 2. The standard InChI is InChI=1S/C31H37N2O10PS/c1-19(2)30(38)42-20(3)43-31(39)33-28(23-7-5-4-6-8-23)44(40,41)17-25(27(35)32-26(16-34)29(36)37)15-21-9-11-22(12-10-21)24-13-14-45-18-24/h4-14,18-20,25-26,28,34H,15-17H2,1-3H3,(H,32,35)(H,33,39)(H,36,37)(H,40,41). The van der Waals surface area contributed by atoms with Crippen LogP contribution in [0.5, 0.6) is 0 Å². The highest BCUT2D eigenvalue weighted by molar-refractivity contribution is 7.58. The van der Waals surface area contributed by atoms with Crippen molar-refractivity contribution in [2.24, 2.45) is 11.8 Å². The van der Waals surface area contributed by atoms with Gasteiger partial charge < -0.3 is 35.2 Å². The minimum absolute atomic E-state index is 0.0494. The second kappa shape index (κ2) is 16.3. The highest BCUT2D eigenvalue weighted by atomic mass is 32.1. The number of alkyl carbamates (subject to hydrolysis) is 1. The monoisotopic (exact) mass is 660 g/mol. The van der Waals surface area contributed by atoms with E-state index in [2.05, 4.69) is 10.6 Å². The number of aliphatic carboxylic acids is 1. The van der Waals surface area contributed by atoms with Crippen molar-refractivity contribution in [3.8, 4) is 11.1 Å². The summed E-state index contributed by atoms with van der Waals surface area (Å²) < 4.78 is 24.2. The van der Waals surface area contributed by atoms with E-state index in [1.165, 1.54) is 19.1 Å². The maximum absolute atomic E-state index is 14.1. The summed E-state index contributed by atoms with van der Waals surface area (Å²) in [7, 11) is -4.53. The zero-order chi connectivity index (χ0) is 33.1. The SMILES string of the molecule is CC(OC(=O)NC(c1ccccc1)P(=O)(O)CC(Cc1ccc(-c2ccsc2)cc1)C(=O)NC(CO)C(=O)O)OC(=O)C(C)C. The molecule has 12 nitrogen and oxygen atoms in total. The van der Waals surface area contributed by atoms with Gasteiger partial charge in [-0.3, -0.25) is 14.2 Å². The molecule has 0 saturated carbocycles. The van der Waals surface area contributed by atoms with Crippen molar-refractivity contribution in [2.45, 2.75) is 45.3 Å². The smallest absolute Gasteiger partial charge is 0.411 e. The third kappa shape index (κ3) is 10.5. The van der Waals surface area contributed by atoms with E-state index in [1.807, 2.05) is 29.0 Å². The highest BCUT2D eigenvalue weighted by Crippen LogP contribution is 2.55. The molecule has 0 bridgehead atoms. The van der Waals surface area contributed by atoms with Crippen LogP contribution in [0.15, 0.2) is 71.4 Å². The Labute approximate surface area is 264 Å². The molecule has 5 unspecified atom stereocenters. The van der Waals surface area contributed by atoms with Crippen molar-refractivity contribution < 1.29 is 48.3 Å². The molecule has 2 amide bonds. The topological polar surface area (TPSA) is 189 Å². The fourth-order valence-corrected chi connectivity index (χ4v) is 7.10. The summed E-state index contributed by atoms with van der Waals surface area (Å²) in [5.74, 6) is -6.20. The molecule has 0 fully saturated rings. The second-order valence-corrected chi connectivity index (χ2v) is 13.8. The molecule has 0 aliphatic heterocycles. The maximum atomic E-state index is 14.1. The molecule has 3 rings (SSSR count). The van der Waals surface area contributed by atoms with Crippen molar-refractivity contribution in [3.05, 3.63) is 82.6 Å². The third-order valence-corrected chi connectivity index (χ3v) is 9.62. The summed E-state index contributed by atoms with van der Waals surface area (Å²) in [5.41, 5.74) is 2.81. The Balaban J connectivity index is 1.88. The number of carbonyl (C=O) groups is 4. The first kappa shape index (κ1) is 35.4. The number of rotatable bonds is 15. The molecule has 2 aromatic carbocycles. The molecular formula is C31H37N2O10PS. The lowest BCUT2D eigenvalue weighted by molar-refractivity contribution is -0.168. The van der Waals surface area contributed by atoms with Crippen LogP contribution in [0.4, 0.5) is 4.79 Å². The van der Waals surface area contributed by atoms with Crippen LogP contribution in [0, 0.1) is 11.8 Å². The maximum Gasteiger partial charge on any atom is 0.411 e. The van der Waals surface area contributed by atoms with Crippen molar-refractivity contribution >= 4 is 42.6 Å². The van der Waals surface area contributed by atoms with E-state index in [4.69, 9.17) is 9.47 Å². The predicted octanol–water partition coefficient (Wildman–Crippen LogP) is 4.38. The number of hydrogen-bond donors (Lipinski definition) is 5. The first-order valence-corrected chi connectivity index (χ1v) is 17.0. The molecule has 1 heterocycles. The van der Waals surface area contributed by atoms with Gasteiger partial charge in [0.05, 0.1) is 18.4 Å². The lowest BCUT2D eigenvalue weighted by Gasteiger charge is -2.28. The molecule has 14 heteroatoms. The summed E-state index contributed by atoms with van der Waals surface area (Å²) in [4.78, 5) is 61.0. The van der Waals surface area contributed by atoms with Gasteiger partial charge in [0.2, 0.25) is 19.6 Å². The average molecular weight is 661 g/mol. The average Bonchev–Trinajstić information content (AvgIpc) is 3.53. The Bertz CT molecular complexity index is 1480. The van der Waals surface area contributed by atoms with Gasteiger partial charge >= 0.3 is 18.0 Å². The normalized spacial score (nSPS) is 15.2. The van der Waals surface area contributed by atoms with Crippen molar-refractivity contribution in [1.82, 2.24) is 10.6 Å². The molecule has 0 aliphatic rings. The van der Waals surface area contributed by atoms with Crippen LogP contribution >= 0.6 is 18.7 Å². The van der Waals surface area contributed by atoms with Gasteiger partial charge in [0, 0.05) is 13.1 Å². The van der Waals surface area contributed by atoms with Crippen LogP contribution < -0.4 is 10.6 Å². The van der Waals surface area contributed by atoms with E-state index in [9.17, 15) is 38.8 Å². The molecule has 5 N–H and O–H groups in total. The number of aliphatic hydroxyl groups excluding tert-OH is 1. The number of nitrogens with one attached hydrogen (secondary N) is 2. The number of carboxylic acid groups (broad SMARTS) is 1. The van der Waals surface area contributed by atoms with Crippen LogP contribution in [-0.4, -0.2) is 64.1 Å². The number of esters is 1. The Morgan fingerprint density at radius 2 is 1.58 bits per heavy atom. The lowest BCUT2D eigenvalue weighted by Crippen LogP contribution is -2.47. The number of ether oxygens (including phenoxy) is 2. The molecule has 0 saturated heterocycles. The Morgan fingerprint density at radius 3 is 2.13 bits per heavy atom. The van der Waals surface area contributed by atoms with Gasteiger partial charge in [0.15, 0.2) is 0 Å². The summed E-state index contributed by atoms with van der Waals surface area (Å²) in [6, 6.07) is 15.4. The van der Waals surface area contributed by atoms with Crippen molar-refractivity contribution in [2.75, 3.05) is 12.8 Å². The first-order chi connectivity index (χ1) is 21.3. The number of thiophene rings is 1. The summed E-state index contributed by atoms with van der Waals surface area (Å²) in [6.07, 6.45) is -3.15. The van der Waals surface area contributed by atoms with Gasteiger partial charge in [-0.15, -0.1) is 0 Å². The van der Waals surface area contributed by atoms with E-state index in [0.29, 0.717) is 5.56 Å². The second-order valence-electron chi connectivity index (χ2n) is 10.7. The largest absolute Gasteiger partial charge is 0.480 e. The molecule has 45 heavy (non-hydrogen) atoms. The summed E-state index contributed by atoms with van der Waals surface area (Å²) in [6.45, 7) is 3.64. The van der Waals surface area contributed by atoms with Crippen LogP contribution in [0.1, 0.15) is 37.7 Å². The molecule has 3 aromatic rings. The predicted molar refractivity (Wildman–Crippen MR) is 167 cm³/mol. The Kier molecular flexibility index (Phi) is 12.9. The van der Waals surface area contributed by atoms with Gasteiger partial charge in [0.25, 0.3) is 0 Å². The van der Waals surface area contributed by atoms with E-state index in [1.54, 1.807) is 55.5 Å². The quantitative estimate of drug-likeness (QED) is 0.0889. The van der Waals surface area contributed by atoms with E-state index < -0.39 is 74.0 Å². The minimum Gasteiger partial charge on any atom is -0.480 e. The number of carboxylic acids is 1. The molecule has 0 aliphatic carbocycles. The Morgan fingerprint density at radius 1 is 0.911 bits per heavy atom. The highest BCUT2D eigenvalue weighted by Gasteiger charge is 2.39. The van der Waals surface area contributed by atoms with E-state index in [-0.39, 0.29) is 12.0 Å².